The van der Waals surface area contributed by atoms with Crippen molar-refractivity contribution in [3.8, 4) is 0 Å². The second kappa shape index (κ2) is 12.3. The van der Waals surface area contributed by atoms with Gasteiger partial charge in [-0.3, -0.25) is 0 Å². The van der Waals surface area contributed by atoms with Crippen molar-refractivity contribution < 1.29 is 0 Å². The fourth-order valence-corrected chi connectivity index (χ4v) is 4.75. The highest BCUT2D eigenvalue weighted by Crippen LogP contribution is 2.32. The van der Waals surface area contributed by atoms with Crippen molar-refractivity contribution >= 4 is 40.3 Å². The van der Waals surface area contributed by atoms with E-state index < -0.39 is 0 Å². The number of nitrogens with zero attached hydrogens (tertiary/aromatic N) is 1. The molecule has 0 bridgehead atoms. The van der Waals surface area contributed by atoms with Crippen LogP contribution in [0.5, 0.6) is 0 Å². The second-order valence-corrected chi connectivity index (χ2v) is 10.2. The summed E-state index contributed by atoms with van der Waals surface area (Å²) in [6.07, 6.45) is 8.67. The molecule has 3 N–H and O–H groups in total. The lowest BCUT2D eigenvalue weighted by Gasteiger charge is -2.24. The molecule has 3 nitrogen and oxygen atoms in total. The molecule has 4 rings (SSSR count). The minimum atomic E-state index is 0.538. The van der Waals surface area contributed by atoms with Gasteiger partial charge in [0.2, 0.25) is 0 Å². The number of benzene rings is 3. The molecule has 1 aliphatic rings. The Morgan fingerprint density at radius 2 is 1.67 bits per heavy atom. The van der Waals surface area contributed by atoms with Gasteiger partial charge in [-0.05, 0) is 92.3 Å². The third-order valence-corrected chi connectivity index (χ3v) is 6.86. The molecule has 0 radical (unpaired) electrons. The van der Waals surface area contributed by atoms with E-state index in [4.69, 9.17) is 33.9 Å². The number of aliphatic imine (C=N–C) groups is 1. The summed E-state index contributed by atoms with van der Waals surface area (Å²) >= 11 is 12.5. The topological polar surface area (TPSA) is 50.4 Å². The van der Waals surface area contributed by atoms with Crippen LogP contribution in [-0.4, -0.2) is 5.71 Å². The molecule has 0 amide bonds. The zero-order valence-electron chi connectivity index (χ0n) is 21.0. The Kier molecular flexibility index (Phi) is 8.90. The molecule has 36 heavy (non-hydrogen) atoms. The molecule has 0 aromatic heterocycles. The van der Waals surface area contributed by atoms with Crippen molar-refractivity contribution in [2.75, 3.05) is 5.32 Å². The monoisotopic (exact) mass is 517 g/mol. The number of aryl methyl sites for hydroxylation is 1. The van der Waals surface area contributed by atoms with E-state index in [1.807, 2.05) is 31.2 Å². The SMILES string of the molecule is CCCc1ccc(CC(Nc2ccc(N=C(C=C(C)N)c3ccc(Cl)cc3Cl)cc2)=C2CCC2)cc1. The van der Waals surface area contributed by atoms with Gasteiger partial charge in [-0.1, -0.05) is 66.4 Å². The molecule has 1 fully saturated rings. The number of hydrogen-bond donors (Lipinski definition) is 2. The first kappa shape index (κ1) is 26.1. The third-order valence-electron chi connectivity index (χ3n) is 6.31. The highest BCUT2D eigenvalue weighted by molar-refractivity contribution is 6.37. The van der Waals surface area contributed by atoms with E-state index in [1.165, 1.54) is 48.1 Å². The predicted molar refractivity (Wildman–Crippen MR) is 156 cm³/mol. The number of hydrogen-bond acceptors (Lipinski definition) is 3. The molecule has 0 saturated heterocycles. The van der Waals surface area contributed by atoms with Crippen LogP contribution in [-0.2, 0) is 12.8 Å². The molecule has 0 aliphatic heterocycles. The molecule has 0 spiro atoms. The molecule has 186 valence electrons. The van der Waals surface area contributed by atoms with Crippen LogP contribution in [0.4, 0.5) is 11.4 Å². The number of nitrogens with one attached hydrogen (secondary N) is 1. The van der Waals surface area contributed by atoms with Gasteiger partial charge < -0.3 is 11.1 Å². The molecule has 0 unspecified atom stereocenters. The van der Waals surface area contributed by atoms with E-state index >= 15 is 0 Å². The number of halogens is 2. The minimum absolute atomic E-state index is 0.538. The van der Waals surface area contributed by atoms with Crippen LogP contribution in [0.25, 0.3) is 0 Å². The van der Waals surface area contributed by atoms with Crippen LogP contribution in [0, 0.1) is 0 Å². The van der Waals surface area contributed by atoms with E-state index in [0.717, 1.165) is 29.8 Å². The van der Waals surface area contributed by atoms with Crippen LogP contribution < -0.4 is 11.1 Å². The first-order chi connectivity index (χ1) is 17.4. The van der Waals surface area contributed by atoms with Gasteiger partial charge in [0, 0.05) is 34.1 Å². The lowest BCUT2D eigenvalue weighted by Crippen LogP contribution is -2.11. The van der Waals surface area contributed by atoms with Gasteiger partial charge in [0.25, 0.3) is 0 Å². The average Bonchev–Trinajstić information content (AvgIpc) is 2.80. The fourth-order valence-electron chi connectivity index (χ4n) is 4.25. The number of rotatable bonds is 9. The smallest absolute Gasteiger partial charge is 0.0741 e. The van der Waals surface area contributed by atoms with Gasteiger partial charge in [-0.15, -0.1) is 0 Å². The lowest BCUT2D eigenvalue weighted by molar-refractivity contribution is 0.647. The van der Waals surface area contributed by atoms with Gasteiger partial charge in [-0.2, -0.15) is 0 Å². The Hall–Kier alpha value is -3.01. The number of allylic oxidation sites excluding steroid dienone is 4. The minimum Gasteiger partial charge on any atom is -0.402 e. The molecule has 0 heterocycles. The van der Waals surface area contributed by atoms with Crippen molar-refractivity contribution in [3.05, 3.63) is 117 Å². The van der Waals surface area contributed by atoms with Crippen molar-refractivity contribution in [2.45, 2.75) is 52.4 Å². The molecule has 3 aromatic carbocycles. The van der Waals surface area contributed by atoms with Gasteiger partial charge >= 0.3 is 0 Å². The fraction of sp³-hybridized carbons (Fsp3) is 0.258. The van der Waals surface area contributed by atoms with Crippen molar-refractivity contribution in [3.63, 3.8) is 0 Å². The average molecular weight is 519 g/mol. The summed E-state index contributed by atoms with van der Waals surface area (Å²) in [5, 5.41) is 4.81. The lowest BCUT2D eigenvalue weighted by atomic mass is 9.88. The molecular formula is C31H33Cl2N3. The van der Waals surface area contributed by atoms with Crippen LogP contribution in [0.15, 0.2) is 94.8 Å². The van der Waals surface area contributed by atoms with Crippen LogP contribution >= 0.6 is 23.2 Å². The largest absolute Gasteiger partial charge is 0.402 e. The maximum Gasteiger partial charge on any atom is 0.0741 e. The maximum absolute atomic E-state index is 6.45. The summed E-state index contributed by atoms with van der Waals surface area (Å²) in [6.45, 7) is 4.05. The van der Waals surface area contributed by atoms with E-state index in [0.29, 0.717) is 21.5 Å². The quantitative estimate of drug-likeness (QED) is 0.278. The number of anilines is 1. The zero-order chi connectivity index (χ0) is 25.5. The first-order valence-corrected chi connectivity index (χ1v) is 13.3. The zero-order valence-corrected chi connectivity index (χ0v) is 22.5. The van der Waals surface area contributed by atoms with E-state index in [-0.39, 0.29) is 0 Å². The van der Waals surface area contributed by atoms with Crippen molar-refractivity contribution in [1.29, 1.82) is 0 Å². The Morgan fingerprint density at radius 3 is 2.25 bits per heavy atom. The standard InChI is InChI=1S/C31H33Cl2N3/c1-3-5-22-8-10-23(11-9-22)19-30(24-6-4-7-24)35-26-13-15-27(16-14-26)36-31(18-21(2)34)28-17-12-25(32)20-29(28)33/h8-18,20,35H,3-7,19,34H2,1-2H3. The van der Waals surface area contributed by atoms with E-state index in [2.05, 4.69) is 48.6 Å². The van der Waals surface area contributed by atoms with E-state index in [9.17, 15) is 0 Å². The first-order valence-electron chi connectivity index (χ1n) is 12.5. The summed E-state index contributed by atoms with van der Waals surface area (Å²) < 4.78 is 0. The van der Waals surface area contributed by atoms with Crippen LogP contribution in [0.2, 0.25) is 10.0 Å². The molecule has 1 saturated carbocycles. The highest BCUT2D eigenvalue weighted by Gasteiger charge is 2.15. The summed E-state index contributed by atoms with van der Waals surface area (Å²) in [7, 11) is 0. The Morgan fingerprint density at radius 1 is 0.972 bits per heavy atom. The summed E-state index contributed by atoms with van der Waals surface area (Å²) in [6, 6.07) is 22.6. The van der Waals surface area contributed by atoms with Gasteiger partial charge in [0.05, 0.1) is 16.4 Å². The predicted octanol–water partition coefficient (Wildman–Crippen LogP) is 9.02. The molecule has 0 atom stereocenters. The Bertz CT molecular complexity index is 1280. The summed E-state index contributed by atoms with van der Waals surface area (Å²) in [5.41, 5.74) is 15.6. The van der Waals surface area contributed by atoms with Crippen molar-refractivity contribution in [2.24, 2.45) is 10.7 Å². The van der Waals surface area contributed by atoms with Crippen LogP contribution in [0.3, 0.4) is 0 Å². The number of nitrogens with two attached hydrogens (primary N) is 1. The van der Waals surface area contributed by atoms with Gasteiger partial charge in [-0.25, -0.2) is 4.99 Å². The van der Waals surface area contributed by atoms with Gasteiger partial charge in [0.1, 0.15) is 0 Å². The third kappa shape index (κ3) is 7.02. The Balaban J connectivity index is 1.53. The maximum atomic E-state index is 6.45. The normalized spacial score (nSPS) is 13.9. The highest BCUT2D eigenvalue weighted by atomic mass is 35.5. The molecule has 5 heteroatoms. The second-order valence-electron chi connectivity index (χ2n) is 9.36. The van der Waals surface area contributed by atoms with Gasteiger partial charge in [0.15, 0.2) is 0 Å². The molecular weight excluding hydrogens is 485 g/mol. The molecule has 1 aliphatic carbocycles. The van der Waals surface area contributed by atoms with E-state index in [1.54, 1.807) is 12.1 Å². The van der Waals surface area contributed by atoms with Crippen molar-refractivity contribution in [1.82, 2.24) is 0 Å². The molecule has 3 aromatic rings. The Labute approximate surface area is 224 Å². The van der Waals surface area contributed by atoms with Crippen LogP contribution in [0.1, 0.15) is 56.2 Å². The summed E-state index contributed by atoms with van der Waals surface area (Å²) in [4.78, 5) is 4.83. The summed E-state index contributed by atoms with van der Waals surface area (Å²) in [5.74, 6) is 0.